The fraction of sp³-hybridized carbons (Fsp3) is 0.125. The van der Waals surface area contributed by atoms with Crippen molar-refractivity contribution in [3.63, 3.8) is 0 Å². The molecule has 2 aromatic heterocycles. The Morgan fingerprint density at radius 1 is 0.630 bits per heavy atom. The van der Waals surface area contributed by atoms with Crippen LogP contribution < -0.4 is 14.5 Å². The molecular weight excluding hydrogens is 571 g/mol. The summed E-state index contributed by atoms with van der Waals surface area (Å²) in [5, 5.41) is 2.33. The van der Waals surface area contributed by atoms with Crippen molar-refractivity contribution < 1.29 is 9.13 Å². The zero-order chi connectivity index (χ0) is 31.2. The van der Waals surface area contributed by atoms with Crippen LogP contribution in [0.15, 0.2) is 128 Å². The summed E-state index contributed by atoms with van der Waals surface area (Å²) in [4.78, 5) is 9.17. The van der Waals surface area contributed by atoms with Crippen LogP contribution in [0.5, 0.6) is 11.5 Å². The molecule has 0 bridgehead atoms. The Morgan fingerprint density at radius 2 is 1.39 bits per heavy atom. The van der Waals surface area contributed by atoms with E-state index in [1.54, 1.807) is 12.1 Å². The lowest BCUT2D eigenvalue weighted by Gasteiger charge is -2.23. The Hall–Kier alpha value is -5.62. The Bertz CT molecular complexity index is 2240. The van der Waals surface area contributed by atoms with Gasteiger partial charge < -0.3 is 14.5 Å². The first-order valence-corrected chi connectivity index (χ1v) is 15.8. The molecule has 0 atom stereocenters. The van der Waals surface area contributed by atoms with Crippen LogP contribution in [-0.2, 0) is 12.8 Å². The molecule has 0 amide bonds. The smallest absolute Gasteiger partial charge is 0.137 e. The molecule has 5 aromatic carbocycles. The van der Waals surface area contributed by atoms with Gasteiger partial charge in [-0.15, -0.1) is 0 Å². The summed E-state index contributed by atoms with van der Waals surface area (Å²) in [6, 6.07) is 40.5. The van der Waals surface area contributed by atoms with E-state index in [2.05, 4.69) is 107 Å². The molecule has 0 saturated carbocycles. The van der Waals surface area contributed by atoms with Crippen LogP contribution >= 0.6 is 0 Å². The molecule has 0 fully saturated rings. The van der Waals surface area contributed by atoms with Gasteiger partial charge in [0.05, 0.1) is 22.4 Å². The van der Waals surface area contributed by atoms with Gasteiger partial charge in [-0.2, -0.15) is 0 Å². The number of ether oxygens (including phenoxy) is 1. The highest BCUT2D eigenvalue weighted by Gasteiger charge is 2.28. The molecule has 46 heavy (non-hydrogen) atoms. The molecule has 8 rings (SSSR count). The van der Waals surface area contributed by atoms with E-state index < -0.39 is 0 Å². The second-order valence-corrected chi connectivity index (χ2v) is 11.7. The number of pyridine rings is 1. The summed E-state index contributed by atoms with van der Waals surface area (Å²) in [6.45, 7) is 4.88. The number of anilines is 4. The van der Waals surface area contributed by atoms with E-state index in [9.17, 15) is 4.39 Å². The number of rotatable bonds is 7. The van der Waals surface area contributed by atoms with Crippen LogP contribution in [-0.4, -0.2) is 16.2 Å². The molecule has 226 valence electrons. The van der Waals surface area contributed by atoms with E-state index in [4.69, 9.17) is 9.72 Å². The average molecular weight is 605 g/mol. The minimum Gasteiger partial charge on any atom is -0.457 e. The maximum atomic E-state index is 14.2. The fourth-order valence-corrected chi connectivity index (χ4v) is 6.56. The number of para-hydroxylation sites is 3. The van der Waals surface area contributed by atoms with E-state index in [1.165, 1.54) is 22.6 Å². The van der Waals surface area contributed by atoms with Gasteiger partial charge in [0.1, 0.15) is 29.8 Å². The number of nitrogens with zero attached hydrogens (tertiary/aromatic N) is 4. The highest BCUT2D eigenvalue weighted by molar-refractivity contribution is 6.09. The van der Waals surface area contributed by atoms with Crippen molar-refractivity contribution >= 4 is 44.6 Å². The van der Waals surface area contributed by atoms with Crippen LogP contribution in [0.4, 0.5) is 27.1 Å². The molecule has 0 unspecified atom stereocenters. The molecule has 1 aliphatic heterocycles. The van der Waals surface area contributed by atoms with Gasteiger partial charge >= 0.3 is 0 Å². The summed E-state index contributed by atoms with van der Waals surface area (Å²) < 4.78 is 23.1. The normalized spacial score (nSPS) is 12.7. The van der Waals surface area contributed by atoms with Gasteiger partial charge in [0, 0.05) is 40.5 Å². The summed E-state index contributed by atoms with van der Waals surface area (Å²) in [5.41, 5.74) is 8.52. The van der Waals surface area contributed by atoms with Crippen molar-refractivity contribution in [2.75, 3.05) is 16.5 Å². The van der Waals surface area contributed by atoms with Crippen molar-refractivity contribution in [3.8, 4) is 17.3 Å². The van der Waals surface area contributed by atoms with Gasteiger partial charge in [0.2, 0.25) is 0 Å². The van der Waals surface area contributed by atoms with Gasteiger partial charge in [0.15, 0.2) is 0 Å². The molecular formula is C40H33FN4O. The quantitative estimate of drug-likeness (QED) is 0.181. The molecule has 0 aliphatic carbocycles. The Kier molecular flexibility index (Phi) is 6.90. The van der Waals surface area contributed by atoms with Gasteiger partial charge in [-0.05, 0) is 96.8 Å². The van der Waals surface area contributed by atoms with E-state index in [-0.39, 0.29) is 5.82 Å². The first-order valence-electron chi connectivity index (χ1n) is 15.8. The molecule has 0 radical (unpaired) electrons. The minimum absolute atomic E-state index is 0.248. The molecule has 0 N–H and O–H groups in total. The Labute approximate surface area is 267 Å². The molecule has 6 heteroatoms. The highest BCUT2D eigenvalue weighted by Crippen LogP contribution is 2.45. The lowest BCUT2D eigenvalue weighted by atomic mass is 10.1. The third-order valence-corrected chi connectivity index (χ3v) is 8.87. The van der Waals surface area contributed by atoms with Crippen LogP contribution in [0.1, 0.15) is 25.0 Å². The van der Waals surface area contributed by atoms with Crippen molar-refractivity contribution in [1.29, 1.82) is 0 Å². The van der Waals surface area contributed by atoms with Crippen molar-refractivity contribution in [2.45, 2.75) is 26.7 Å². The second kappa shape index (κ2) is 11.4. The highest BCUT2D eigenvalue weighted by atomic mass is 19.1. The molecule has 7 aromatic rings. The molecule has 0 saturated heterocycles. The molecule has 5 nitrogen and oxygen atoms in total. The molecule has 0 spiro atoms. The monoisotopic (exact) mass is 604 g/mol. The van der Waals surface area contributed by atoms with Crippen molar-refractivity contribution in [1.82, 2.24) is 9.55 Å². The van der Waals surface area contributed by atoms with E-state index in [0.29, 0.717) is 6.67 Å². The summed E-state index contributed by atoms with van der Waals surface area (Å²) in [6.07, 6.45) is 3.69. The number of halogens is 1. The van der Waals surface area contributed by atoms with E-state index >= 15 is 0 Å². The van der Waals surface area contributed by atoms with Gasteiger partial charge in [-0.25, -0.2) is 9.37 Å². The minimum atomic E-state index is -0.248. The predicted octanol–water partition coefficient (Wildman–Crippen LogP) is 10.5. The molecule has 3 heterocycles. The largest absolute Gasteiger partial charge is 0.457 e. The zero-order valence-corrected chi connectivity index (χ0v) is 25.8. The van der Waals surface area contributed by atoms with Crippen molar-refractivity contribution in [3.05, 3.63) is 144 Å². The fourth-order valence-electron chi connectivity index (χ4n) is 6.56. The predicted molar refractivity (Wildman–Crippen MR) is 186 cm³/mol. The SMILES string of the molecule is CCc1cc(Oc2ccc3c4ccccc4n(-c4cc(CC)ccn4)c3c2)cc(N2CN(c3cccc(F)c3)c3ccccc32)c1. The summed E-state index contributed by atoms with van der Waals surface area (Å²) in [5.74, 6) is 2.17. The van der Waals surface area contributed by atoms with Crippen LogP contribution in [0.25, 0.3) is 27.6 Å². The number of benzene rings is 5. The Morgan fingerprint density at radius 3 is 2.20 bits per heavy atom. The average Bonchev–Trinajstić information content (AvgIpc) is 3.64. The third-order valence-electron chi connectivity index (χ3n) is 8.87. The van der Waals surface area contributed by atoms with E-state index in [0.717, 1.165) is 69.3 Å². The number of aryl methyl sites for hydroxylation is 2. The number of hydrogen-bond donors (Lipinski definition) is 0. The summed E-state index contributed by atoms with van der Waals surface area (Å²) in [7, 11) is 0. The third kappa shape index (κ3) is 4.83. The number of fused-ring (bicyclic) bond motifs is 4. The standard InChI is InChI=1S/C40H33FN4O/c1-3-27-18-19-42-40(22-27)45-36-13-6-5-12-34(36)35-17-16-32(25-39(35)45)46-33-21-28(4-2)20-31(24-33)44-26-43(30-11-9-10-29(41)23-30)37-14-7-8-15-38(37)44/h5-25H,3-4,26H2,1-2H3. The maximum absolute atomic E-state index is 14.2. The molecule has 1 aliphatic rings. The van der Waals surface area contributed by atoms with Crippen LogP contribution in [0.3, 0.4) is 0 Å². The van der Waals surface area contributed by atoms with E-state index in [1.807, 2.05) is 30.5 Å². The zero-order valence-electron chi connectivity index (χ0n) is 25.8. The van der Waals surface area contributed by atoms with Crippen LogP contribution in [0, 0.1) is 5.82 Å². The maximum Gasteiger partial charge on any atom is 0.137 e. The lowest BCUT2D eigenvalue weighted by molar-refractivity contribution is 0.482. The Balaban J connectivity index is 1.19. The topological polar surface area (TPSA) is 33.5 Å². The first kappa shape index (κ1) is 27.9. The first-order chi connectivity index (χ1) is 22.6. The van der Waals surface area contributed by atoms with Gasteiger partial charge in [-0.3, -0.25) is 4.57 Å². The van der Waals surface area contributed by atoms with Crippen LogP contribution in [0.2, 0.25) is 0 Å². The lowest BCUT2D eigenvalue weighted by Crippen LogP contribution is -2.24. The van der Waals surface area contributed by atoms with Gasteiger partial charge in [0.25, 0.3) is 0 Å². The second-order valence-electron chi connectivity index (χ2n) is 11.7. The number of aromatic nitrogens is 2. The van der Waals surface area contributed by atoms with Gasteiger partial charge in [-0.1, -0.05) is 50.2 Å². The number of hydrogen-bond acceptors (Lipinski definition) is 4. The summed E-state index contributed by atoms with van der Waals surface area (Å²) >= 11 is 0. The van der Waals surface area contributed by atoms with Crippen molar-refractivity contribution in [2.24, 2.45) is 0 Å².